The van der Waals surface area contributed by atoms with Crippen molar-refractivity contribution < 1.29 is 58.3 Å². The van der Waals surface area contributed by atoms with E-state index >= 15 is 0 Å². The molecule has 48 heavy (non-hydrogen) atoms. The lowest BCUT2D eigenvalue weighted by molar-refractivity contribution is -0.138. The number of anilines is 1. The number of alkyl halides is 6. The Morgan fingerprint density at radius 2 is 1.40 bits per heavy atom. The van der Waals surface area contributed by atoms with Crippen LogP contribution in [0.4, 0.5) is 40.8 Å². The summed E-state index contributed by atoms with van der Waals surface area (Å²) in [6.45, 7) is -2.84. The lowest BCUT2D eigenvalue weighted by Crippen LogP contribution is -2.43. The highest BCUT2D eigenvalue weighted by Crippen LogP contribution is 2.34. The first-order valence-electron chi connectivity index (χ1n) is 13.5. The fourth-order valence-electron chi connectivity index (χ4n) is 4.57. The third-order valence-electron chi connectivity index (χ3n) is 6.96. The van der Waals surface area contributed by atoms with E-state index in [1.165, 1.54) is 23.7 Å². The molecule has 0 radical (unpaired) electrons. The van der Waals surface area contributed by atoms with Crippen molar-refractivity contribution in [3.8, 4) is 0 Å². The van der Waals surface area contributed by atoms with E-state index in [0.717, 1.165) is 53.4 Å². The van der Waals surface area contributed by atoms with Crippen molar-refractivity contribution in [3.05, 3.63) is 130 Å². The maximum absolute atomic E-state index is 14.8. The molecule has 0 unspecified atom stereocenters. The number of rotatable bonds is 10. The minimum Gasteiger partial charge on any atom is -0.307 e. The largest absolute Gasteiger partial charge is 0.416 e. The Hall–Kier alpha value is -4.87. The molecule has 0 aliphatic rings. The van der Waals surface area contributed by atoms with Crippen LogP contribution in [-0.2, 0) is 40.3 Å². The molecule has 4 aromatic carbocycles. The second kappa shape index (κ2) is 14.1. The topological polar surface area (TPSA) is 107 Å². The number of nitrogens with one attached hydrogen (secondary N) is 1. The second-order valence-corrected chi connectivity index (χ2v) is 12.1. The van der Waals surface area contributed by atoms with Crippen LogP contribution in [0.5, 0.6) is 0 Å². The van der Waals surface area contributed by atoms with Gasteiger partial charge in [0.05, 0.1) is 24.2 Å². The van der Waals surface area contributed by atoms with Crippen LogP contribution in [-0.4, -0.2) is 36.3 Å². The van der Waals surface area contributed by atoms with Gasteiger partial charge in [0.1, 0.15) is 16.5 Å². The molecule has 8 nitrogen and oxygen atoms in total. The van der Waals surface area contributed by atoms with Crippen molar-refractivity contribution in [2.24, 2.45) is 0 Å². The van der Waals surface area contributed by atoms with Gasteiger partial charge < -0.3 is 4.90 Å². The molecule has 0 aliphatic heterocycles. The SMILES string of the molecule is O=C(NO)c1ccc(N(Cc2ccc(C(F)(F)F)cc2)C(=O)CN(Cc2ccccc2C(F)(F)F)S(=O)(=O)c2ccc(F)cc2F)cc1. The molecule has 0 saturated carbocycles. The zero-order chi connectivity index (χ0) is 35.4. The molecule has 0 heterocycles. The molecular weight excluding hydrogens is 678 g/mol. The standard InChI is InChI=1S/C31H23F8N3O5S/c32-23-11-14-27(26(33)15-23)48(46,47)41(17-21-3-1-2-4-25(21)31(37,38)39)18-28(43)42(24-12-7-20(8-13-24)29(44)40-45)16-19-5-9-22(10-6-19)30(34,35)36/h1-15,45H,16-18H2,(H,40,44). The summed E-state index contributed by atoms with van der Waals surface area (Å²) in [7, 11) is -5.16. The Morgan fingerprint density at radius 3 is 1.96 bits per heavy atom. The first-order valence-corrected chi connectivity index (χ1v) is 15.0. The number of sulfonamides is 1. The summed E-state index contributed by atoms with van der Waals surface area (Å²) >= 11 is 0. The van der Waals surface area contributed by atoms with E-state index in [1.54, 1.807) is 0 Å². The number of halogens is 8. The number of carbonyl (C=O) groups excluding carboxylic acids is 2. The molecule has 0 spiro atoms. The average molecular weight is 702 g/mol. The van der Waals surface area contributed by atoms with E-state index in [1.807, 2.05) is 0 Å². The molecule has 17 heteroatoms. The van der Waals surface area contributed by atoms with E-state index in [9.17, 15) is 53.1 Å². The Bertz CT molecular complexity index is 1900. The third-order valence-corrected chi connectivity index (χ3v) is 8.78. The number of nitrogens with zero attached hydrogens (tertiary/aromatic N) is 2. The molecule has 4 aromatic rings. The van der Waals surface area contributed by atoms with Gasteiger partial charge in [0.2, 0.25) is 15.9 Å². The first-order chi connectivity index (χ1) is 22.4. The predicted octanol–water partition coefficient (Wildman–Crippen LogP) is 6.55. The summed E-state index contributed by atoms with van der Waals surface area (Å²) in [5, 5.41) is 8.90. The summed E-state index contributed by atoms with van der Waals surface area (Å²) in [6, 6.07) is 13.4. The van der Waals surface area contributed by atoms with Crippen molar-refractivity contribution in [2.75, 3.05) is 11.4 Å². The quantitative estimate of drug-likeness (QED) is 0.111. The molecule has 0 fully saturated rings. The summed E-state index contributed by atoms with van der Waals surface area (Å²) < 4.78 is 137. The molecule has 0 aromatic heterocycles. The van der Waals surface area contributed by atoms with Gasteiger partial charge in [-0.3, -0.25) is 14.8 Å². The molecule has 2 amide bonds. The van der Waals surface area contributed by atoms with E-state index < -0.39 is 87.0 Å². The summed E-state index contributed by atoms with van der Waals surface area (Å²) in [5.41, 5.74) is -1.51. The van der Waals surface area contributed by atoms with Gasteiger partial charge in [-0.25, -0.2) is 22.7 Å². The lowest BCUT2D eigenvalue weighted by atomic mass is 10.1. The number of hydrogen-bond acceptors (Lipinski definition) is 5. The fourth-order valence-corrected chi connectivity index (χ4v) is 5.99. The van der Waals surface area contributed by atoms with Gasteiger partial charge in [0, 0.05) is 23.9 Å². The number of benzene rings is 4. The third kappa shape index (κ3) is 8.34. The van der Waals surface area contributed by atoms with Crippen LogP contribution >= 0.6 is 0 Å². The second-order valence-electron chi connectivity index (χ2n) is 10.2. The van der Waals surface area contributed by atoms with E-state index in [2.05, 4.69) is 0 Å². The Kier molecular flexibility index (Phi) is 10.6. The molecule has 254 valence electrons. The Labute approximate surface area is 267 Å². The minimum absolute atomic E-state index is 0.0459. The van der Waals surface area contributed by atoms with Crippen LogP contribution in [0.25, 0.3) is 0 Å². The summed E-state index contributed by atoms with van der Waals surface area (Å²) in [4.78, 5) is 25.4. The molecule has 0 atom stereocenters. The van der Waals surface area contributed by atoms with Crippen LogP contribution in [0.2, 0.25) is 0 Å². The van der Waals surface area contributed by atoms with E-state index in [0.29, 0.717) is 18.2 Å². The fraction of sp³-hybridized carbons (Fsp3) is 0.161. The van der Waals surface area contributed by atoms with E-state index in [-0.39, 0.29) is 27.2 Å². The maximum Gasteiger partial charge on any atom is 0.416 e. The van der Waals surface area contributed by atoms with Crippen molar-refractivity contribution in [1.82, 2.24) is 9.79 Å². The number of hydroxylamine groups is 1. The zero-order valence-electron chi connectivity index (χ0n) is 24.2. The zero-order valence-corrected chi connectivity index (χ0v) is 25.0. The van der Waals surface area contributed by atoms with Crippen molar-refractivity contribution in [3.63, 3.8) is 0 Å². The van der Waals surface area contributed by atoms with Gasteiger partial charge in [0.25, 0.3) is 5.91 Å². The normalized spacial score (nSPS) is 12.2. The number of amides is 2. The van der Waals surface area contributed by atoms with Crippen LogP contribution in [0.3, 0.4) is 0 Å². The van der Waals surface area contributed by atoms with Gasteiger partial charge in [0.15, 0.2) is 0 Å². The monoisotopic (exact) mass is 701 g/mol. The Morgan fingerprint density at radius 1 is 0.771 bits per heavy atom. The van der Waals surface area contributed by atoms with Crippen molar-refractivity contribution in [2.45, 2.75) is 30.3 Å². The van der Waals surface area contributed by atoms with Crippen LogP contribution in [0.1, 0.15) is 32.6 Å². The highest BCUT2D eigenvalue weighted by atomic mass is 32.2. The smallest absolute Gasteiger partial charge is 0.307 e. The van der Waals surface area contributed by atoms with E-state index in [4.69, 9.17) is 5.21 Å². The molecule has 0 aliphatic carbocycles. The maximum atomic E-state index is 14.8. The van der Waals surface area contributed by atoms with Crippen LogP contribution < -0.4 is 10.4 Å². The Balaban J connectivity index is 1.80. The highest BCUT2D eigenvalue weighted by Gasteiger charge is 2.37. The van der Waals surface area contributed by atoms with Gasteiger partial charge in [-0.1, -0.05) is 30.3 Å². The first kappa shape index (κ1) is 36.0. The highest BCUT2D eigenvalue weighted by molar-refractivity contribution is 7.89. The minimum atomic E-state index is -5.16. The van der Waals surface area contributed by atoms with Crippen molar-refractivity contribution >= 4 is 27.5 Å². The number of hydrogen-bond donors (Lipinski definition) is 2. The van der Waals surface area contributed by atoms with Gasteiger partial charge >= 0.3 is 12.4 Å². The van der Waals surface area contributed by atoms with Crippen LogP contribution in [0.15, 0.2) is 95.9 Å². The lowest BCUT2D eigenvalue weighted by Gasteiger charge is -2.28. The molecule has 0 bridgehead atoms. The predicted molar refractivity (Wildman–Crippen MR) is 154 cm³/mol. The van der Waals surface area contributed by atoms with Crippen molar-refractivity contribution in [1.29, 1.82) is 0 Å². The molecular formula is C31H23F8N3O5S. The van der Waals surface area contributed by atoms with Gasteiger partial charge in [-0.05, 0) is 65.7 Å². The molecule has 4 rings (SSSR count). The summed E-state index contributed by atoms with van der Waals surface area (Å²) in [5.74, 6) is -4.82. The average Bonchev–Trinajstić information content (AvgIpc) is 3.02. The van der Waals surface area contributed by atoms with Gasteiger partial charge in [-0.15, -0.1) is 0 Å². The molecule has 0 saturated heterocycles. The molecule has 2 N–H and O–H groups in total. The summed E-state index contributed by atoms with van der Waals surface area (Å²) in [6.07, 6.45) is -9.65. The number of carbonyl (C=O) groups is 2. The van der Waals surface area contributed by atoms with Crippen LogP contribution in [0, 0.1) is 11.6 Å². The van der Waals surface area contributed by atoms with Gasteiger partial charge in [-0.2, -0.15) is 30.6 Å².